The van der Waals surface area contributed by atoms with Crippen LogP contribution in [0.1, 0.15) is 17.5 Å². The number of aryl methyl sites for hydroxylation is 1. The van der Waals surface area contributed by atoms with Gasteiger partial charge in [0, 0.05) is 10.9 Å². The van der Waals surface area contributed by atoms with Crippen LogP contribution in [0.25, 0.3) is 11.3 Å². The Labute approximate surface area is 105 Å². The van der Waals surface area contributed by atoms with Crippen LogP contribution in [0.5, 0.6) is 0 Å². The van der Waals surface area contributed by atoms with E-state index in [9.17, 15) is 17.6 Å². The zero-order valence-corrected chi connectivity index (χ0v) is 10.2. The van der Waals surface area contributed by atoms with Gasteiger partial charge in [0.15, 0.2) is 0 Å². The number of hydrogen-bond donors (Lipinski definition) is 0. The van der Waals surface area contributed by atoms with Gasteiger partial charge in [0.1, 0.15) is 5.82 Å². The molecular weight excluding hydrogens is 266 g/mol. The Morgan fingerprint density at radius 2 is 2.00 bits per heavy atom. The highest BCUT2D eigenvalue weighted by molar-refractivity contribution is 7.09. The third-order valence-electron chi connectivity index (χ3n) is 2.42. The molecule has 1 aromatic carbocycles. The van der Waals surface area contributed by atoms with Crippen LogP contribution in [0.2, 0.25) is 0 Å². The molecule has 1 aromatic heterocycles. The summed E-state index contributed by atoms with van der Waals surface area (Å²) in [6, 6.07) is 2.92. The van der Waals surface area contributed by atoms with Crippen molar-refractivity contribution in [2.45, 2.75) is 19.5 Å². The van der Waals surface area contributed by atoms with Crippen LogP contribution in [0, 0.1) is 5.82 Å². The van der Waals surface area contributed by atoms with E-state index >= 15 is 0 Å². The van der Waals surface area contributed by atoms with Gasteiger partial charge in [0.2, 0.25) is 0 Å². The molecule has 0 bridgehead atoms. The molecule has 0 saturated carbocycles. The Morgan fingerprint density at radius 1 is 1.28 bits per heavy atom. The fourth-order valence-electron chi connectivity index (χ4n) is 1.51. The van der Waals surface area contributed by atoms with Crippen molar-refractivity contribution in [2.24, 2.45) is 0 Å². The largest absolute Gasteiger partial charge is 0.419 e. The van der Waals surface area contributed by atoms with Crippen LogP contribution in [-0.4, -0.2) is 4.98 Å². The molecule has 0 fully saturated rings. The molecule has 0 N–H and O–H groups in total. The van der Waals surface area contributed by atoms with Gasteiger partial charge in [-0.25, -0.2) is 9.37 Å². The van der Waals surface area contributed by atoms with Crippen molar-refractivity contribution >= 4 is 11.3 Å². The molecule has 0 aliphatic carbocycles. The molecule has 2 aromatic rings. The molecule has 96 valence electrons. The van der Waals surface area contributed by atoms with E-state index < -0.39 is 17.6 Å². The summed E-state index contributed by atoms with van der Waals surface area (Å²) < 4.78 is 50.8. The van der Waals surface area contributed by atoms with Crippen molar-refractivity contribution in [3.63, 3.8) is 0 Å². The third-order valence-corrected chi connectivity index (χ3v) is 3.41. The molecule has 18 heavy (non-hydrogen) atoms. The van der Waals surface area contributed by atoms with Crippen molar-refractivity contribution in [2.75, 3.05) is 0 Å². The Bertz CT molecular complexity index is 559. The average molecular weight is 275 g/mol. The summed E-state index contributed by atoms with van der Waals surface area (Å²) in [6.45, 7) is 1.91. The number of aromatic nitrogens is 1. The monoisotopic (exact) mass is 275 g/mol. The van der Waals surface area contributed by atoms with Gasteiger partial charge < -0.3 is 0 Å². The molecule has 0 spiro atoms. The maximum Gasteiger partial charge on any atom is 0.419 e. The molecule has 1 nitrogen and oxygen atoms in total. The zero-order valence-electron chi connectivity index (χ0n) is 9.38. The first-order valence-electron chi connectivity index (χ1n) is 5.23. The van der Waals surface area contributed by atoms with Crippen molar-refractivity contribution in [3.8, 4) is 11.3 Å². The van der Waals surface area contributed by atoms with E-state index in [0.717, 1.165) is 23.6 Å². The quantitative estimate of drug-likeness (QED) is 0.734. The lowest BCUT2D eigenvalue weighted by atomic mass is 10.1. The van der Waals surface area contributed by atoms with E-state index in [1.807, 2.05) is 6.92 Å². The molecule has 0 aliphatic rings. The zero-order chi connectivity index (χ0) is 13.3. The van der Waals surface area contributed by atoms with Crippen LogP contribution in [0.4, 0.5) is 17.6 Å². The summed E-state index contributed by atoms with van der Waals surface area (Å²) in [7, 11) is 0. The third kappa shape index (κ3) is 2.53. The van der Waals surface area contributed by atoms with Crippen molar-refractivity contribution in [1.82, 2.24) is 4.98 Å². The van der Waals surface area contributed by atoms with Gasteiger partial charge in [0.25, 0.3) is 0 Å². The number of halogens is 4. The first-order valence-corrected chi connectivity index (χ1v) is 6.11. The number of alkyl halides is 3. The summed E-state index contributed by atoms with van der Waals surface area (Å²) in [4.78, 5) is 4.18. The SMILES string of the molecule is CCc1nc(-c2ccc(F)c(C(F)(F)F)c2)cs1. The van der Waals surface area contributed by atoms with Crippen molar-refractivity contribution < 1.29 is 17.6 Å². The molecule has 2 rings (SSSR count). The fourth-order valence-corrected chi connectivity index (χ4v) is 2.26. The minimum atomic E-state index is -4.69. The number of hydrogen-bond acceptors (Lipinski definition) is 2. The Balaban J connectivity index is 2.47. The number of nitrogens with zero attached hydrogens (tertiary/aromatic N) is 1. The smallest absolute Gasteiger partial charge is 0.241 e. The molecule has 6 heteroatoms. The van der Waals surface area contributed by atoms with Crippen LogP contribution in [0.15, 0.2) is 23.6 Å². The lowest BCUT2D eigenvalue weighted by Crippen LogP contribution is -2.08. The van der Waals surface area contributed by atoms with Crippen LogP contribution >= 0.6 is 11.3 Å². The van der Waals surface area contributed by atoms with Gasteiger partial charge in [-0.3, -0.25) is 0 Å². The fraction of sp³-hybridized carbons (Fsp3) is 0.250. The highest BCUT2D eigenvalue weighted by atomic mass is 32.1. The highest BCUT2D eigenvalue weighted by Crippen LogP contribution is 2.34. The topological polar surface area (TPSA) is 12.9 Å². The van der Waals surface area contributed by atoms with Crippen LogP contribution in [0.3, 0.4) is 0 Å². The van der Waals surface area contributed by atoms with E-state index in [-0.39, 0.29) is 5.56 Å². The number of thiazole rings is 1. The molecule has 0 aliphatic heterocycles. The van der Waals surface area contributed by atoms with Crippen molar-refractivity contribution in [1.29, 1.82) is 0 Å². The number of benzene rings is 1. The Hall–Kier alpha value is -1.43. The van der Waals surface area contributed by atoms with Gasteiger partial charge in [-0.15, -0.1) is 11.3 Å². The second kappa shape index (κ2) is 4.68. The maximum atomic E-state index is 13.1. The normalized spacial score (nSPS) is 11.8. The summed E-state index contributed by atoms with van der Waals surface area (Å²) in [5.41, 5.74) is -0.534. The Morgan fingerprint density at radius 3 is 2.56 bits per heavy atom. The van der Waals surface area contributed by atoms with Gasteiger partial charge in [-0.2, -0.15) is 13.2 Å². The minimum Gasteiger partial charge on any atom is -0.241 e. The van der Waals surface area contributed by atoms with Gasteiger partial charge in [0.05, 0.1) is 16.3 Å². The van der Waals surface area contributed by atoms with Crippen LogP contribution < -0.4 is 0 Å². The number of rotatable bonds is 2. The molecule has 0 atom stereocenters. The molecule has 0 saturated heterocycles. The summed E-state index contributed by atoms with van der Waals surface area (Å²) >= 11 is 1.38. The molecular formula is C12H9F4NS. The summed E-state index contributed by atoms with van der Waals surface area (Å²) in [6.07, 6.45) is -3.97. The average Bonchev–Trinajstić information content (AvgIpc) is 2.76. The molecule has 0 amide bonds. The van der Waals surface area contributed by atoms with Crippen molar-refractivity contribution in [3.05, 3.63) is 40.0 Å². The van der Waals surface area contributed by atoms with Gasteiger partial charge in [-0.05, 0) is 24.6 Å². The van der Waals surface area contributed by atoms with E-state index in [4.69, 9.17) is 0 Å². The predicted octanol–water partition coefficient (Wildman–Crippen LogP) is 4.53. The first kappa shape index (κ1) is 13.0. The second-order valence-electron chi connectivity index (χ2n) is 3.67. The highest BCUT2D eigenvalue weighted by Gasteiger charge is 2.34. The minimum absolute atomic E-state index is 0.277. The van der Waals surface area contributed by atoms with E-state index in [1.54, 1.807) is 5.38 Å². The molecule has 1 heterocycles. The maximum absolute atomic E-state index is 13.1. The molecule has 0 unspecified atom stereocenters. The second-order valence-corrected chi connectivity index (χ2v) is 4.62. The lowest BCUT2D eigenvalue weighted by Gasteiger charge is -2.09. The summed E-state index contributed by atoms with van der Waals surface area (Å²) in [5, 5.41) is 2.51. The lowest BCUT2D eigenvalue weighted by molar-refractivity contribution is -0.139. The van der Waals surface area contributed by atoms with E-state index in [0.29, 0.717) is 5.69 Å². The summed E-state index contributed by atoms with van der Waals surface area (Å²) in [5.74, 6) is -1.27. The van der Waals surface area contributed by atoms with Crippen LogP contribution in [-0.2, 0) is 12.6 Å². The van der Waals surface area contributed by atoms with Gasteiger partial charge >= 0.3 is 6.18 Å². The molecule has 0 radical (unpaired) electrons. The van der Waals surface area contributed by atoms with E-state index in [1.165, 1.54) is 17.4 Å². The Kier molecular flexibility index (Phi) is 3.38. The van der Waals surface area contributed by atoms with E-state index in [2.05, 4.69) is 4.98 Å². The predicted molar refractivity (Wildman–Crippen MR) is 61.9 cm³/mol. The first-order chi connectivity index (χ1) is 8.41. The standard InChI is InChI=1S/C12H9F4NS/c1-2-11-17-10(6-18-11)7-3-4-9(13)8(5-7)12(14,15)16/h3-6H,2H2,1H3. The van der Waals surface area contributed by atoms with Gasteiger partial charge in [-0.1, -0.05) is 6.92 Å².